The fraction of sp³-hybridized carbons (Fsp3) is 0.375. The highest BCUT2D eigenvalue weighted by atomic mass is 16.5. The zero-order chi connectivity index (χ0) is 22.7. The Kier molecular flexibility index (Phi) is 6.41. The van der Waals surface area contributed by atoms with Gasteiger partial charge in [-0.25, -0.2) is 9.59 Å². The van der Waals surface area contributed by atoms with E-state index < -0.39 is 24.1 Å². The van der Waals surface area contributed by atoms with E-state index in [-0.39, 0.29) is 44.4 Å². The maximum Gasteiger partial charge on any atom is 0.407 e. The lowest BCUT2D eigenvalue weighted by molar-refractivity contribution is -0.148. The molecule has 32 heavy (non-hydrogen) atoms. The Morgan fingerprint density at radius 3 is 2.28 bits per heavy atom. The highest BCUT2D eigenvalue weighted by Crippen LogP contribution is 2.44. The fourth-order valence-electron chi connectivity index (χ4n) is 4.59. The monoisotopic (exact) mass is 438 g/mol. The number of likely N-dealkylation sites (tertiary alicyclic amines) is 1. The van der Waals surface area contributed by atoms with Crippen molar-refractivity contribution in [2.45, 2.75) is 30.8 Å². The molecule has 0 aromatic heterocycles. The van der Waals surface area contributed by atoms with Gasteiger partial charge in [-0.1, -0.05) is 48.5 Å². The van der Waals surface area contributed by atoms with E-state index >= 15 is 0 Å². The van der Waals surface area contributed by atoms with Crippen LogP contribution in [0.3, 0.4) is 0 Å². The third-order valence-electron chi connectivity index (χ3n) is 6.09. The summed E-state index contributed by atoms with van der Waals surface area (Å²) in [7, 11) is 1.48. The number of aliphatic carboxylic acids is 1. The van der Waals surface area contributed by atoms with Crippen LogP contribution in [-0.4, -0.2) is 66.9 Å². The van der Waals surface area contributed by atoms with Crippen molar-refractivity contribution in [1.29, 1.82) is 0 Å². The number of carboxylic acid groups (broad SMARTS) is 1. The van der Waals surface area contributed by atoms with E-state index in [0.717, 1.165) is 22.3 Å². The lowest BCUT2D eigenvalue weighted by Crippen LogP contribution is -2.42. The molecule has 1 fully saturated rings. The standard InChI is InChI=1S/C24H26N2O6/c1-31-11-10-22(27)26-13-15(12-21(26)23(28)29)25-24(30)32-14-20-18-8-4-2-6-16(18)17-7-3-5-9-19(17)20/h2-9,15,20-21H,10-14H2,1H3,(H,25,30)(H,28,29)/t15-,21+/m1/s1. The van der Waals surface area contributed by atoms with Gasteiger partial charge in [0.1, 0.15) is 12.6 Å². The zero-order valence-corrected chi connectivity index (χ0v) is 17.8. The predicted octanol–water partition coefficient (Wildman–Crippen LogP) is 2.62. The first-order chi connectivity index (χ1) is 15.5. The van der Waals surface area contributed by atoms with E-state index in [1.54, 1.807) is 0 Å². The number of fused-ring (bicyclic) bond motifs is 3. The Bertz CT molecular complexity index is 978. The van der Waals surface area contributed by atoms with Crippen LogP contribution in [0, 0.1) is 0 Å². The number of hydrogen-bond acceptors (Lipinski definition) is 5. The lowest BCUT2D eigenvalue weighted by atomic mass is 9.98. The molecule has 0 bridgehead atoms. The molecule has 2 aromatic carbocycles. The summed E-state index contributed by atoms with van der Waals surface area (Å²) in [6.07, 6.45) is -0.386. The third-order valence-corrected chi connectivity index (χ3v) is 6.09. The minimum absolute atomic E-state index is 0.0596. The normalized spacial score (nSPS) is 19.3. The van der Waals surface area contributed by atoms with Gasteiger partial charge in [0.05, 0.1) is 19.1 Å². The number of nitrogens with one attached hydrogen (secondary N) is 1. The van der Waals surface area contributed by atoms with Crippen LogP contribution in [0.25, 0.3) is 11.1 Å². The quantitative estimate of drug-likeness (QED) is 0.689. The Hall–Kier alpha value is -3.39. The molecule has 2 atom stereocenters. The van der Waals surface area contributed by atoms with Gasteiger partial charge in [0, 0.05) is 26.0 Å². The maximum atomic E-state index is 12.5. The van der Waals surface area contributed by atoms with Crippen molar-refractivity contribution in [2.75, 3.05) is 26.9 Å². The van der Waals surface area contributed by atoms with Gasteiger partial charge in [-0.2, -0.15) is 0 Å². The summed E-state index contributed by atoms with van der Waals surface area (Å²) in [6.45, 7) is 0.515. The summed E-state index contributed by atoms with van der Waals surface area (Å²) >= 11 is 0. The van der Waals surface area contributed by atoms with Gasteiger partial charge < -0.3 is 24.8 Å². The predicted molar refractivity (Wildman–Crippen MR) is 116 cm³/mol. The minimum atomic E-state index is -1.09. The second kappa shape index (κ2) is 9.40. The Morgan fingerprint density at radius 1 is 1.06 bits per heavy atom. The Morgan fingerprint density at radius 2 is 1.69 bits per heavy atom. The van der Waals surface area contributed by atoms with E-state index in [2.05, 4.69) is 17.4 Å². The van der Waals surface area contributed by atoms with Crippen LogP contribution in [-0.2, 0) is 19.1 Å². The van der Waals surface area contributed by atoms with Crippen molar-refractivity contribution in [1.82, 2.24) is 10.2 Å². The summed E-state index contributed by atoms with van der Waals surface area (Å²) in [5, 5.41) is 12.2. The lowest BCUT2D eigenvalue weighted by Gasteiger charge is -2.21. The van der Waals surface area contributed by atoms with Crippen LogP contribution < -0.4 is 5.32 Å². The molecule has 1 heterocycles. The number of amides is 2. The van der Waals surface area contributed by atoms with Gasteiger partial charge in [0.2, 0.25) is 5.91 Å². The van der Waals surface area contributed by atoms with Crippen LogP contribution in [0.5, 0.6) is 0 Å². The molecule has 4 rings (SSSR count). The van der Waals surface area contributed by atoms with Gasteiger partial charge in [0.15, 0.2) is 0 Å². The highest BCUT2D eigenvalue weighted by Gasteiger charge is 2.40. The zero-order valence-electron chi connectivity index (χ0n) is 17.8. The molecule has 1 aliphatic heterocycles. The molecule has 0 saturated carbocycles. The molecular formula is C24H26N2O6. The van der Waals surface area contributed by atoms with Gasteiger partial charge in [0.25, 0.3) is 0 Å². The van der Waals surface area contributed by atoms with Gasteiger partial charge in [-0.3, -0.25) is 4.79 Å². The number of carboxylic acids is 1. The summed E-state index contributed by atoms with van der Waals surface area (Å²) in [6, 6.07) is 14.7. The largest absolute Gasteiger partial charge is 0.480 e. The van der Waals surface area contributed by atoms with Gasteiger partial charge in [-0.05, 0) is 22.3 Å². The Balaban J connectivity index is 1.37. The second-order valence-corrected chi connectivity index (χ2v) is 8.05. The molecule has 0 spiro atoms. The SMILES string of the molecule is COCCC(=O)N1C[C@H](NC(=O)OCC2c3ccccc3-c3ccccc32)C[C@H]1C(=O)O. The molecule has 1 saturated heterocycles. The summed E-state index contributed by atoms with van der Waals surface area (Å²) in [5.74, 6) is -1.46. The number of rotatable bonds is 7. The van der Waals surface area contributed by atoms with Crippen molar-refractivity contribution in [3.05, 3.63) is 59.7 Å². The molecule has 2 amide bonds. The number of benzene rings is 2. The van der Waals surface area contributed by atoms with Crippen LogP contribution >= 0.6 is 0 Å². The number of alkyl carbamates (subject to hydrolysis) is 1. The second-order valence-electron chi connectivity index (χ2n) is 8.05. The smallest absolute Gasteiger partial charge is 0.407 e. The van der Waals surface area contributed by atoms with Crippen molar-refractivity contribution in [2.24, 2.45) is 0 Å². The van der Waals surface area contributed by atoms with Crippen molar-refractivity contribution >= 4 is 18.0 Å². The Labute approximate surface area is 186 Å². The van der Waals surface area contributed by atoms with Crippen LogP contribution in [0.15, 0.2) is 48.5 Å². The molecule has 168 valence electrons. The average molecular weight is 438 g/mol. The van der Waals surface area contributed by atoms with Crippen molar-refractivity contribution < 1.29 is 29.0 Å². The first-order valence-electron chi connectivity index (χ1n) is 10.6. The summed E-state index contributed by atoms with van der Waals surface area (Å²) < 4.78 is 10.4. The fourth-order valence-corrected chi connectivity index (χ4v) is 4.59. The molecule has 8 nitrogen and oxygen atoms in total. The number of carbonyl (C=O) groups excluding carboxylic acids is 2. The molecule has 8 heteroatoms. The molecule has 2 aliphatic rings. The van der Waals surface area contributed by atoms with Crippen molar-refractivity contribution in [3.63, 3.8) is 0 Å². The van der Waals surface area contributed by atoms with Crippen LogP contribution in [0.2, 0.25) is 0 Å². The van der Waals surface area contributed by atoms with E-state index in [0.29, 0.717) is 0 Å². The van der Waals surface area contributed by atoms with Crippen molar-refractivity contribution in [3.8, 4) is 11.1 Å². The molecular weight excluding hydrogens is 412 g/mol. The minimum Gasteiger partial charge on any atom is -0.480 e. The molecule has 0 unspecified atom stereocenters. The highest BCUT2D eigenvalue weighted by molar-refractivity contribution is 5.85. The first-order valence-corrected chi connectivity index (χ1v) is 10.6. The topological polar surface area (TPSA) is 105 Å². The van der Waals surface area contributed by atoms with E-state index in [9.17, 15) is 19.5 Å². The van der Waals surface area contributed by atoms with Crippen LogP contribution in [0.1, 0.15) is 29.9 Å². The number of methoxy groups -OCH3 is 1. The average Bonchev–Trinajstić information content (AvgIpc) is 3.36. The maximum absolute atomic E-state index is 12.5. The van der Waals surface area contributed by atoms with E-state index in [1.807, 2.05) is 36.4 Å². The van der Waals surface area contributed by atoms with Gasteiger partial charge >= 0.3 is 12.1 Å². The van der Waals surface area contributed by atoms with Crippen LogP contribution in [0.4, 0.5) is 4.79 Å². The molecule has 2 aromatic rings. The summed E-state index contributed by atoms with van der Waals surface area (Å²) in [4.78, 5) is 37.7. The molecule has 0 radical (unpaired) electrons. The van der Waals surface area contributed by atoms with Gasteiger partial charge in [-0.15, -0.1) is 0 Å². The third kappa shape index (κ3) is 4.31. The molecule has 2 N–H and O–H groups in total. The number of hydrogen-bond donors (Lipinski definition) is 2. The molecule has 1 aliphatic carbocycles. The van der Waals surface area contributed by atoms with E-state index in [4.69, 9.17) is 9.47 Å². The number of carbonyl (C=O) groups is 3. The summed E-state index contributed by atoms with van der Waals surface area (Å²) in [5.41, 5.74) is 4.51. The number of ether oxygens (including phenoxy) is 2. The number of nitrogens with zero attached hydrogens (tertiary/aromatic N) is 1. The van der Waals surface area contributed by atoms with E-state index in [1.165, 1.54) is 12.0 Å². The first kappa shape index (κ1) is 21.8.